The highest BCUT2D eigenvalue weighted by Crippen LogP contribution is 2.32. The summed E-state index contributed by atoms with van der Waals surface area (Å²) >= 11 is 6.28. The third-order valence-electron chi connectivity index (χ3n) is 5.57. The Morgan fingerprint density at radius 3 is 2.67 bits per heavy atom. The molecular formula is C23H31ClFN5O5S. The molecule has 1 amide bonds. The Morgan fingerprint density at radius 2 is 2.06 bits per heavy atom. The Labute approximate surface area is 215 Å². The Hall–Kier alpha value is -2.70. The van der Waals surface area contributed by atoms with Gasteiger partial charge >= 0.3 is 16.3 Å². The molecule has 1 atom stereocenters. The lowest BCUT2D eigenvalue weighted by Crippen LogP contribution is -2.50. The molecule has 0 saturated carbocycles. The zero-order valence-corrected chi connectivity index (χ0v) is 22.5. The van der Waals surface area contributed by atoms with Crippen LogP contribution in [0, 0.1) is 5.82 Å². The van der Waals surface area contributed by atoms with Crippen molar-refractivity contribution in [1.29, 1.82) is 0 Å². The number of ether oxygens (including phenoxy) is 1. The Balaban J connectivity index is 2.06. The van der Waals surface area contributed by atoms with Crippen LogP contribution in [0.25, 0.3) is 0 Å². The largest absolute Gasteiger partial charge is 0.444 e. The summed E-state index contributed by atoms with van der Waals surface area (Å²) < 4.78 is 47.5. The van der Waals surface area contributed by atoms with Crippen LogP contribution in [-0.2, 0) is 21.4 Å². The number of carbonyl (C=O) groups excluding carboxylic acids is 2. The Bertz CT molecular complexity index is 1240. The van der Waals surface area contributed by atoms with Crippen LogP contribution in [0.5, 0.6) is 0 Å². The van der Waals surface area contributed by atoms with Crippen LogP contribution in [0.3, 0.4) is 0 Å². The third kappa shape index (κ3) is 6.34. The summed E-state index contributed by atoms with van der Waals surface area (Å²) in [5.74, 6) is -0.349. The molecule has 13 heteroatoms. The maximum absolute atomic E-state index is 14.0. The molecule has 2 heterocycles. The predicted molar refractivity (Wildman–Crippen MR) is 134 cm³/mol. The number of alkyl carbamates (subject to hydrolysis) is 1. The number of nitrogens with one attached hydrogen (secondary N) is 1. The van der Waals surface area contributed by atoms with Crippen LogP contribution in [0.4, 0.5) is 15.0 Å². The molecule has 0 unspecified atom stereocenters. The van der Waals surface area contributed by atoms with Crippen molar-refractivity contribution in [3.05, 3.63) is 45.9 Å². The van der Waals surface area contributed by atoms with Gasteiger partial charge in [-0.25, -0.2) is 9.18 Å². The highest BCUT2D eigenvalue weighted by atomic mass is 35.5. The van der Waals surface area contributed by atoms with E-state index in [4.69, 9.17) is 16.3 Å². The summed E-state index contributed by atoms with van der Waals surface area (Å²) in [6.45, 7) is 5.97. The van der Waals surface area contributed by atoms with Gasteiger partial charge in [0, 0.05) is 50.2 Å². The van der Waals surface area contributed by atoms with E-state index in [-0.39, 0.29) is 35.5 Å². The molecule has 36 heavy (non-hydrogen) atoms. The molecule has 0 radical (unpaired) electrons. The molecule has 10 nitrogen and oxygen atoms in total. The number of amides is 1. The molecule has 1 N–H and O–H groups in total. The highest BCUT2D eigenvalue weighted by Gasteiger charge is 2.34. The van der Waals surface area contributed by atoms with E-state index in [1.807, 2.05) is 0 Å². The lowest BCUT2D eigenvalue weighted by Gasteiger charge is -2.35. The summed E-state index contributed by atoms with van der Waals surface area (Å²) in [4.78, 5) is 26.1. The molecular weight excluding hydrogens is 513 g/mol. The van der Waals surface area contributed by atoms with Crippen LogP contribution in [0.15, 0.2) is 18.2 Å². The molecule has 1 fully saturated rings. The number of rotatable bonds is 7. The molecule has 198 valence electrons. The fourth-order valence-electron chi connectivity index (χ4n) is 3.96. The number of benzene rings is 1. The molecule has 1 aliphatic rings. The van der Waals surface area contributed by atoms with Crippen LogP contribution >= 0.6 is 11.6 Å². The Morgan fingerprint density at radius 1 is 1.36 bits per heavy atom. The molecule has 1 aliphatic heterocycles. The number of aldehydes is 1. The molecule has 1 aromatic carbocycles. The molecule has 1 saturated heterocycles. The number of piperidine rings is 1. The van der Waals surface area contributed by atoms with E-state index in [1.54, 1.807) is 25.7 Å². The summed E-state index contributed by atoms with van der Waals surface area (Å²) in [6, 6.07) is 3.51. The number of hydrogen-bond acceptors (Lipinski definition) is 7. The molecule has 0 bridgehead atoms. The number of halogens is 2. The first-order valence-electron chi connectivity index (χ1n) is 11.4. The maximum atomic E-state index is 14.0. The fourth-order valence-corrected chi connectivity index (χ4v) is 5.09. The van der Waals surface area contributed by atoms with Gasteiger partial charge in [0.05, 0.1) is 0 Å². The number of carbonyl (C=O) groups is 2. The average molecular weight is 544 g/mol. The monoisotopic (exact) mass is 543 g/mol. The van der Waals surface area contributed by atoms with E-state index < -0.39 is 27.7 Å². The van der Waals surface area contributed by atoms with E-state index in [2.05, 4.69) is 10.4 Å². The van der Waals surface area contributed by atoms with Gasteiger partial charge in [0.2, 0.25) is 0 Å². The second-order valence-electron chi connectivity index (χ2n) is 9.78. The Kier molecular flexibility index (Phi) is 8.31. The quantitative estimate of drug-likeness (QED) is 0.533. The summed E-state index contributed by atoms with van der Waals surface area (Å²) in [5, 5.41) is 7.21. The minimum Gasteiger partial charge on any atom is -0.444 e. The first kappa shape index (κ1) is 27.9. The first-order chi connectivity index (χ1) is 16.7. The summed E-state index contributed by atoms with van der Waals surface area (Å²) in [5.41, 5.74) is -0.102. The fraction of sp³-hybridized carbons (Fsp3) is 0.522. The maximum Gasteiger partial charge on any atom is 0.407 e. The average Bonchev–Trinajstić information content (AvgIpc) is 3.14. The van der Waals surface area contributed by atoms with Crippen LogP contribution in [0.2, 0.25) is 5.02 Å². The van der Waals surface area contributed by atoms with E-state index in [0.717, 1.165) is 8.39 Å². The van der Waals surface area contributed by atoms with E-state index in [9.17, 15) is 22.4 Å². The number of aromatic nitrogens is 2. The molecule has 0 spiro atoms. The molecule has 0 aliphatic carbocycles. The number of anilines is 1. The van der Waals surface area contributed by atoms with Crippen molar-refractivity contribution in [2.75, 3.05) is 32.1 Å². The SMILES string of the molecule is CN(C)S(=O)(=O)n1nc(C=O)c(Cc2cc(F)ccc2Cl)c1N1CCC[C@@H](NC(=O)OC(C)(C)C)C1. The van der Waals surface area contributed by atoms with Crippen molar-refractivity contribution in [2.24, 2.45) is 0 Å². The molecule has 2 aromatic rings. The second-order valence-corrected chi connectivity index (χ2v) is 12.2. The minimum absolute atomic E-state index is 0.0242. The van der Waals surface area contributed by atoms with Gasteiger partial charge in [0.1, 0.15) is 22.9 Å². The van der Waals surface area contributed by atoms with Crippen molar-refractivity contribution in [2.45, 2.75) is 51.7 Å². The van der Waals surface area contributed by atoms with Crippen LogP contribution in [0.1, 0.15) is 55.2 Å². The second kappa shape index (κ2) is 10.7. The summed E-state index contributed by atoms with van der Waals surface area (Å²) in [6.07, 6.45) is 1.14. The first-order valence-corrected chi connectivity index (χ1v) is 13.2. The van der Waals surface area contributed by atoms with Gasteiger partial charge in [0.25, 0.3) is 0 Å². The predicted octanol–water partition coefficient (Wildman–Crippen LogP) is 3.23. The van der Waals surface area contributed by atoms with Crippen LogP contribution in [-0.4, -0.2) is 73.1 Å². The van der Waals surface area contributed by atoms with E-state index in [1.165, 1.54) is 32.3 Å². The third-order valence-corrected chi connectivity index (χ3v) is 7.55. The van der Waals surface area contributed by atoms with Gasteiger partial charge in [-0.05, 0) is 57.4 Å². The van der Waals surface area contributed by atoms with Crippen molar-refractivity contribution in [3.8, 4) is 0 Å². The van der Waals surface area contributed by atoms with E-state index >= 15 is 0 Å². The van der Waals surface area contributed by atoms with Crippen molar-refractivity contribution in [1.82, 2.24) is 18.8 Å². The number of nitrogens with zero attached hydrogens (tertiary/aromatic N) is 4. The highest BCUT2D eigenvalue weighted by molar-refractivity contribution is 7.87. The lowest BCUT2D eigenvalue weighted by atomic mass is 10.0. The molecule has 3 rings (SSSR count). The smallest absolute Gasteiger partial charge is 0.407 e. The van der Waals surface area contributed by atoms with Gasteiger partial charge in [-0.3, -0.25) is 4.79 Å². The van der Waals surface area contributed by atoms with Gasteiger partial charge < -0.3 is 15.0 Å². The zero-order valence-electron chi connectivity index (χ0n) is 20.9. The minimum atomic E-state index is -4.12. The molecule has 1 aromatic heterocycles. The summed E-state index contributed by atoms with van der Waals surface area (Å²) in [7, 11) is -1.42. The standard InChI is InChI=1S/C23H31ClFN5O5S/c1-23(2,3)35-22(32)26-17-7-6-10-29(13-17)21-18(12-15-11-16(25)8-9-19(15)24)20(14-31)27-30(21)36(33,34)28(4)5/h8-9,11,14,17H,6-7,10,12-13H2,1-5H3,(H,26,32)/t17-/m1/s1. The topological polar surface area (TPSA) is 114 Å². The zero-order chi connectivity index (χ0) is 26.8. The lowest BCUT2D eigenvalue weighted by molar-refractivity contribution is 0.0499. The van der Waals surface area contributed by atoms with Crippen LogP contribution < -0.4 is 10.2 Å². The van der Waals surface area contributed by atoms with Gasteiger partial charge in [-0.1, -0.05) is 11.6 Å². The van der Waals surface area contributed by atoms with E-state index in [0.29, 0.717) is 36.8 Å². The van der Waals surface area contributed by atoms with Gasteiger partial charge in [-0.15, -0.1) is 4.09 Å². The van der Waals surface area contributed by atoms with Gasteiger partial charge in [-0.2, -0.15) is 17.8 Å². The van der Waals surface area contributed by atoms with Crippen molar-refractivity contribution >= 4 is 40.0 Å². The van der Waals surface area contributed by atoms with Crippen molar-refractivity contribution < 1.29 is 27.1 Å². The number of hydrogen-bond donors (Lipinski definition) is 1. The van der Waals surface area contributed by atoms with Gasteiger partial charge in [0.15, 0.2) is 6.29 Å². The van der Waals surface area contributed by atoms with Crippen molar-refractivity contribution in [3.63, 3.8) is 0 Å². The normalized spacial score (nSPS) is 16.8.